The monoisotopic (exact) mass is 451 g/mol. The van der Waals surface area contributed by atoms with Crippen molar-refractivity contribution in [3.8, 4) is 11.3 Å². The zero-order valence-corrected chi connectivity index (χ0v) is 17.4. The number of H-pyrrole nitrogens is 1. The van der Waals surface area contributed by atoms with Gasteiger partial charge in [0.15, 0.2) is 22.7 Å². The molecular formula is C19H14Cl3N4OS+. The molecule has 0 spiro atoms. The van der Waals surface area contributed by atoms with Gasteiger partial charge < -0.3 is 0 Å². The lowest BCUT2D eigenvalue weighted by Crippen LogP contribution is -2.45. The average Bonchev–Trinajstić information content (AvgIpc) is 3.27. The van der Waals surface area contributed by atoms with Gasteiger partial charge in [-0.25, -0.2) is 14.5 Å². The number of hydrogen-bond donors (Lipinski definition) is 2. The number of para-hydroxylation sites is 2. The van der Waals surface area contributed by atoms with E-state index >= 15 is 0 Å². The summed E-state index contributed by atoms with van der Waals surface area (Å²) in [5.41, 5.74) is 3.34. The molecule has 0 aliphatic heterocycles. The highest BCUT2D eigenvalue weighted by atomic mass is 35.6. The molecule has 5 nitrogen and oxygen atoms in total. The van der Waals surface area contributed by atoms with Crippen LogP contribution in [-0.2, 0) is 15.1 Å². The second-order valence-corrected chi connectivity index (χ2v) is 9.17. The summed E-state index contributed by atoms with van der Waals surface area (Å²) in [6.45, 7) is -0.0203. The van der Waals surface area contributed by atoms with Gasteiger partial charge in [-0.05, 0) is 12.1 Å². The van der Waals surface area contributed by atoms with E-state index in [-0.39, 0.29) is 12.5 Å². The predicted octanol–water partition coefficient (Wildman–Crippen LogP) is 5.04. The van der Waals surface area contributed by atoms with Crippen molar-refractivity contribution in [2.24, 2.45) is 0 Å². The average molecular weight is 453 g/mol. The highest BCUT2D eigenvalue weighted by molar-refractivity contribution is 7.14. The smallest absolute Gasteiger partial charge is 0.299 e. The number of anilines is 1. The first-order valence-electron chi connectivity index (χ1n) is 8.30. The number of imidazole rings is 1. The second-order valence-electron chi connectivity index (χ2n) is 6.03. The molecule has 0 unspecified atom stereocenters. The lowest BCUT2D eigenvalue weighted by atomic mass is 10.2. The molecule has 4 aromatic rings. The second kappa shape index (κ2) is 7.72. The zero-order chi connectivity index (χ0) is 19.7. The minimum atomic E-state index is -1.69. The summed E-state index contributed by atoms with van der Waals surface area (Å²) in [6, 6.07) is 17.2. The number of carbonyl (C=O) groups excluding carboxylic acids is 1. The van der Waals surface area contributed by atoms with E-state index in [2.05, 4.69) is 15.3 Å². The van der Waals surface area contributed by atoms with Crippen molar-refractivity contribution >= 4 is 68.2 Å². The van der Waals surface area contributed by atoms with Crippen molar-refractivity contribution in [2.45, 2.75) is 10.3 Å². The number of alkyl halides is 3. The third-order valence-corrected chi connectivity index (χ3v) is 5.40. The SMILES string of the molecule is O=C(C[n+]1c(C(Cl)(Cl)Cl)[nH]c2ccccc21)Nc1nc(-c2ccccc2)cs1. The largest absolute Gasteiger partial charge is 0.308 e. The van der Waals surface area contributed by atoms with Crippen molar-refractivity contribution in [1.82, 2.24) is 9.97 Å². The minimum Gasteiger partial charge on any atom is -0.299 e. The maximum Gasteiger partial charge on any atom is 0.308 e. The van der Waals surface area contributed by atoms with Gasteiger partial charge in [-0.15, -0.1) is 11.3 Å². The maximum atomic E-state index is 12.6. The zero-order valence-electron chi connectivity index (χ0n) is 14.3. The third kappa shape index (κ3) is 4.00. The number of thiazole rings is 1. The molecule has 0 radical (unpaired) electrons. The Hall–Kier alpha value is -2.12. The lowest BCUT2D eigenvalue weighted by molar-refractivity contribution is -0.665. The van der Waals surface area contributed by atoms with Gasteiger partial charge in [-0.2, -0.15) is 0 Å². The number of aromatic amines is 1. The topological polar surface area (TPSA) is 61.7 Å². The Kier molecular flexibility index (Phi) is 5.29. The van der Waals surface area contributed by atoms with Crippen LogP contribution in [0.1, 0.15) is 5.82 Å². The van der Waals surface area contributed by atoms with Gasteiger partial charge in [0.1, 0.15) is 0 Å². The van der Waals surface area contributed by atoms with Crippen LogP contribution in [0.5, 0.6) is 0 Å². The number of aromatic nitrogens is 3. The van der Waals surface area contributed by atoms with Crippen LogP contribution in [0.15, 0.2) is 60.0 Å². The summed E-state index contributed by atoms with van der Waals surface area (Å²) < 4.78 is -0.0374. The molecule has 2 N–H and O–H groups in total. The summed E-state index contributed by atoms with van der Waals surface area (Å²) in [5, 5.41) is 5.23. The van der Waals surface area contributed by atoms with E-state index in [0.29, 0.717) is 11.0 Å². The van der Waals surface area contributed by atoms with E-state index in [4.69, 9.17) is 34.8 Å². The van der Waals surface area contributed by atoms with Crippen molar-refractivity contribution in [1.29, 1.82) is 0 Å². The Morgan fingerprint density at radius 3 is 2.57 bits per heavy atom. The summed E-state index contributed by atoms with van der Waals surface area (Å²) in [4.78, 5) is 20.2. The lowest BCUT2D eigenvalue weighted by Gasteiger charge is -2.07. The first-order chi connectivity index (χ1) is 13.4. The van der Waals surface area contributed by atoms with E-state index in [1.807, 2.05) is 60.0 Å². The molecule has 2 aromatic heterocycles. The number of amides is 1. The first kappa shape index (κ1) is 19.2. The molecule has 2 aromatic carbocycles. The van der Waals surface area contributed by atoms with Gasteiger partial charge in [-0.3, -0.25) is 10.1 Å². The van der Waals surface area contributed by atoms with Crippen LogP contribution in [0.25, 0.3) is 22.3 Å². The van der Waals surface area contributed by atoms with Crippen LogP contribution in [0, 0.1) is 0 Å². The van der Waals surface area contributed by atoms with Gasteiger partial charge in [0, 0.05) is 10.9 Å². The fraction of sp³-hybridized carbons (Fsp3) is 0.105. The molecule has 0 saturated carbocycles. The Labute approximate surface area is 179 Å². The van der Waals surface area contributed by atoms with E-state index in [9.17, 15) is 4.79 Å². The van der Waals surface area contributed by atoms with E-state index in [1.54, 1.807) is 4.57 Å². The van der Waals surface area contributed by atoms with Crippen LogP contribution in [0.4, 0.5) is 5.13 Å². The number of halogens is 3. The van der Waals surface area contributed by atoms with Gasteiger partial charge in [0.25, 0.3) is 9.70 Å². The fourth-order valence-electron chi connectivity index (χ4n) is 2.89. The van der Waals surface area contributed by atoms with Crippen LogP contribution in [0.3, 0.4) is 0 Å². The summed E-state index contributed by atoms with van der Waals surface area (Å²) in [6.07, 6.45) is 0. The van der Waals surface area contributed by atoms with Crippen LogP contribution >= 0.6 is 46.1 Å². The molecule has 1 amide bonds. The quantitative estimate of drug-likeness (QED) is 0.336. The third-order valence-electron chi connectivity index (χ3n) is 4.11. The van der Waals surface area contributed by atoms with Crippen molar-refractivity contribution in [3.63, 3.8) is 0 Å². The van der Waals surface area contributed by atoms with E-state index in [0.717, 1.165) is 22.3 Å². The molecular weight excluding hydrogens is 439 g/mol. The summed E-state index contributed by atoms with van der Waals surface area (Å²) in [7, 11) is 0. The molecule has 0 fully saturated rings. The fourth-order valence-corrected chi connectivity index (χ4v) is 4.08. The number of carbonyl (C=O) groups is 1. The Bertz CT molecular complexity index is 1140. The normalized spacial score (nSPS) is 11.7. The van der Waals surface area contributed by atoms with Crippen molar-refractivity contribution < 1.29 is 9.36 Å². The van der Waals surface area contributed by atoms with Crippen LogP contribution < -0.4 is 9.88 Å². The Morgan fingerprint density at radius 1 is 1.11 bits per heavy atom. The maximum absolute atomic E-state index is 12.6. The number of benzene rings is 2. The highest BCUT2D eigenvalue weighted by Gasteiger charge is 2.37. The van der Waals surface area contributed by atoms with Crippen molar-refractivity contribution in [3.05, 3.63) is 65.8 Å². The van der Waals surface area contributed by atoms with Crippen molar-refractivity contribution in [2.75, 3.05) is 5.32 Å². The molecule has 0 atom stereocenters. The van der Waals surface area contributed by atoms with E-state index < -0.39 is 3.79 Å². The van der Waals surface area contributed by atoms with Gasteiger partial charge >= 0.3 is 5.82 Å². The summed E-state index contributed by atoms with van der Waals surface area (Å²) in [5.74, 6) is 0.0529. The van der Waals surface area contributed by atoms with Crippen LogP contribution in [-0.4, -0.2) is 15.9 Å². The minimum absolute atomic E-state index is 0.0203. The Morgan fingerprint density at radius 2 is 1.82 bits per heavy atom. The number of hydrogen-bond acceptors (Lipinski definition) is 3. The molecule has 0 bridgehead atoms. The molecule has 0 saturated heterocycles. The van der Waals surface area contributed by atoms with Gasteiger partial charge in [0.2, 0.25) is 0 Å². The molecule has 9 heteroatoms. The molecule has 142 valence electrons. The number of nitrogens with one attached hydrogen (secondary N) is 2. The Balaban J connectivity index is 1.57. The van der Waals surface area contributed by atoms with Gasteiger partial charge in [-0.1, -0.05) is 77.3 Å². The molecule has 4 rings (SSSR count). The van der Waals surface area contributed by atoms with Gasteiger partial charge in [0.05, 0.1) is 5.69 Å². The summed E-state index contributed by atoms with van der Waals surface area (Å²) >= 11 is 19.6. The number of fused-ring (bicyclic) bond motifs is 1. The number of nitrogens with zero attached hydrogens (tertiary/aromatic N) is 2. The van der Waals surface area contributed by atoms with E-state index in [1.165, 1.54) is 11.3 Å². The predicted molar refractivity (Wildman–Crippen MR) is 114 cm³/mol. The molecule has 0 aliphatic carbocycles. The number of rotatable bonds is 4. The molecule has 2 heterocycles. The highest BCUT2D eigenvalue weighted by Crippen LogP contribution is 2.36. The molecule has 0 aliphatic rings. The standard InChI is InChI=1S/C19H13Cl3N4OS/c20-19(21,22)17-23-13-8-4-5-9-15(13)26(17)10-16(27)25-18-24-14(11-28-18)12-6-2-1-3-7-12/h1-9,11H,10H2,(H,24,25,27)/p+1. The van der Waals surface area contributed by atoms with Crippen LogP contribution in [0.2, 0.25) is 0 Å². The first-order valence-corrected chi connectivity index (χ1v) is 10.3. The molecule has 28 heavy (non-hydrogen) atoms.